The average Bonchev–Trinajstić information content (AvgIpc) is 2.55. The van der Waals surface area contributed by atoms with Gasteiger partial charge >= 0.3 is 0 Å². The van der Waals surface area contributed by atoms with E-state index in [9.17, 15) is 0 Å². The monoisotopic (exact) mass is 417 g/mol. The van der Waals surface area contributed by atoms with Gasteiger partial charge in [0, 0.05) is 22.1 Å². The molecule has 0 spiro atoms. The lowest BCUT2D eigenvalue weighted by atomic mass is 9.80. The van der Waals surface area contributed by atoms with E-state index < -0.39 is 0 Å². The average molecular weight is 418 g/mol. The van der Waals surface area contributed by atoms with Crippen LogP contribution in [0.25, 0.3) is 0 Å². The van der Waals surface area contributed by atoms with E-state index in [1.54, 1.807) is 6.07 Å². The molecule has 28 heavy (non-hydrogen) atoms. The van der Waals surface area contributed by atoms with Crippen LogP contribution in [0.3, 0.4) is 0 Å². The molecule has 0 aromatic heterocycles. The van der Waals surface area contributed by atoms with Crippen molar-refractivity contribution in [2.45, 2.75) is 57.7 Å². The summed E-state index contributed by atoms with van der Waals surface area (Å²) in [5.74, 6) is 1.43. The van der Waals surface area contributed by atoms with E-state index in [0.717, 1.165) is 24.3 Å². The number of ether oxygens (including phenoxy) is 1. The van der Waals surface area contributed by atoms with Gasteiger partial charge in [-0.15, -0.1) is 0 Å². The standard InChI is InChI=1S/C22H28ClN3OS/c1-21(2)13-16(14-22(3,4)26-21)24-20(28)25-18-12-15(23)10-11-19(18)27-17-8-6-5-7-9-17/h5-12,16,26H,13-14H2,1-4H3,(H2,24,25,28). The molecule has 0 unspecified atom stereocenters. The van der Waals surface area contributed by atoms with E-state index in [1.165, 1.54) is 0 Å². The molecule has 1 heterocycles. The molecule has 1 saturated heterocycles. The highest BCUT2D eigenvalue weighted by atomic mass is 35.5. The van der Waals surface area contributed by atoms with Crippen molar-refractivity contribution >= 4 is 34.6 Å². The molecule has 1 aliphatic rings. The number of halogens is 1. The first-order chi connectivity index (χ1) is 13.1. The Labute approximate surface area is 178 Å². The molecule has 6 heteroatoms. The predicted octanol–water partition coefficient (Wildman–Crippen LogP) is 5.73. The molecule has 0 aliphatic carbocycles. The van der Waals surface area contributed by atoms with Crippen molar-refractivity contribution in [1.29, 1.82) is 0 Å². The molecule has 1 fully saturated rings. The van der Waals surface area contributed by atoms with Crippen LogP contribution in [0.5, 0.6) is 11.5 Å². The summed E-state index contributed by atoms with van der Waals surface area (Å²) in [6.45, 7) is 8.90. The van der Waals surface area contributed by atoms with Gasteiger partial charge in [0.05, 0.1) is 5.69 Å². The summed E-state index contributed by atoms with van der Waals surface area (Å²) in [5.41, 5.74) is 0.834. The Hall–Kier alpha value is -1.82. The highest BCUT2D eigenvalue weighted by Crippen LogP contribution is 2.32. The first-order valence-corrected chi connectivity index (χ1v) is 10.3. The van der Waals surface area contributed by atoms with Crippen molar-refractivity contribution in [3.05, 3.63) is 53.6 Å². The Kier molecular flexibility index (Phi) is 6.18. The smallest absolute Gasteiger partial charge is 0.171 e. The van der Waals surface area contributed by atoms with Gasteiger partial charge in [0.1, 0.15) is 5.75 Å². The molecule has 4 nitrogen and oxygen atoms in total. The second-order valence-electron chi connectivity index (χ2n) is 8.65. The van der Waals surface area contributed by atoms with Crippen LogP contribution in [-0.2, 0) is 0 Å². The molecule has 2 aromatic carbocycles. The van der Waals surface area contributed by atoms with Crippen molar-refractivity contribution < 1.29 is 4.74 Å². The number of anilines is 1. The normalized spacial score (nSPS) is 18.3. The van der Waals surface area contributed by atoms with Crippen molar-refractivity contribution in [3.8, 4) is 11.5 Å². The quantitative estimate of drug-likeness (QED) is 0.554. The zero-order chi connectivity index (χ0) is 20.4. The molecule has 0 radical (unpaired) electrons. The number of thiocarbonyl (C=S) groups is 1. The third-order valence-electron chi connectivity index (χ3n) is 4.69. The SMILES string of the molecule is CC1(C)CC(NC(=S)Nc2cc(Cl)ccc2Oc2ccccc2)CC(C)(C)N1. The minimum Gasteiger partial charge on any atom is -0.455 e. The minimum atomic E-state index is 0.0483. The Morgan fingerprint density at radius 3 is 2.36 bits per heavy atom. The minimum absolute atomic E-state index is 0.0483. The van der Waals surface area contributed by atoms with Crippen LogP contribution >= 0.6 is 23.8 Å². The van der Waals surface area contributed by atoms with Gasteiger partial charge in [-0.05, 0) is 83.1 Å². The van der Waals surface area contributed by atoms with Crippen LogP contribution in [0, 0.1) is 0 Å². The Morgan fingerprint density at radius 2 is 1.71 bits per heavy atom. The van der Waals surface area contributed by atoms with Crippen LogP contribution in [0.4, 0.5) is 5.69 Å². The van der Waals surface area contributed by atoms with Gasteiger partial charge in [-0.1, -0.05) is 29.8 Å². The lowest BCUT2D eigenvalue weighted by Crippen LogP contribution is -2.62. The largest absolute Gasteiger partial charge is 0.455 e. The van der Waals surface area contributed by atoms with Crippen molar-refractivity contribution in [2.75, 3.05) is 5.32 Å². The van der Waals surface area contributed by atoms with Crippen LogP contribution in [-0.4, -0.2) is 22.2 Å². The molecule has 3 rings (SSSR count). The molecule has 0 atom stereocenters. The molecular weight excluding hydrogens is 390 g/mol. The summed E-state index contributed by atoms with van der Waals surface area (Å²) in [4.78, 5) is 0. The van der Waals surface area contributed by atoms with Gasteiger partial charge in [0.25, 0.3) is 0 Å². The highest BCUT2D eigenvalue weighted by molar-refractivity contribution is 7.80. The lowest BCUT2D eigenvalue weighted by Gasteiger charge is -2.46. The zero-order valence-corrected chi connectivity index (χ0v) is 18.4. The molecule has 0 amide bonds. The molecule has 1 aliphatic heterocycles. The second-order valence-corrected chi connectivity index (χ2v) is 9.50. The van der Waals surface area contributed by atoms with E-state index in [1.807, 2.05) is 42.5 Å². The van der Waals surface area contributed by atoms with E-state index in [4.69, 9.17) is 28.6 Å². The van der Waals surface area contributed by atoms with Crippen LogP contribution in [0.2, 0.25) is 5.02 Å². The fourth-order valence-electron chi connectivity index (χ4n) is 4.07. The first kappa shape index (κ1) is 20.9. The van der Waals surface area contributed by atoms with E-state index in [-0.39, 0.29) is 17.1 Å². The van der Waals surface area contributed by atoms with Crippen LogP contribution in [0.1, 0.15) is 40.5 Å². The second kappa shape index (κ2) is 8.27. The first-order valence-electron chi connectivity index (χ1n) is 9.51. The fourth-order valence-corrected chi connectivity index (χ4v) is 4.52. The van der Waals surface area contributed by atoms with E-state index in [0.29, 0.717) is 15.9 Å². The summed E-state index contributed by atoms with van der Waals surface area (Å²) >= 11 is 11.8. The highest BCUT2D eigenvalue weighted by Gasteiger charge is 2.37. The Balaban J connectivity index is 1.71. The molecule has 2 aromatic rings. The Morgan fingerprint density at radius 1 is 1.07 bits per heavy atom. The number of nitrogens with one attached hydrogen (secondary N) is 3. The maximum Gasteiger partial charge on any atom is 0.171 e. The fraction of sp³-hybridized carbons (Fsp3) is 0.409. The molecule has 0 bridgehead atoms. The third kappa shape index (κ3) is 5.84. The van der Waals surface area contributed by atoms with Crippen molar-refractivity contribution in [3.63, 3.8) is 0 Å². The summed E-state index contributed by atoms with van der Waals surface area (Å²) in [6.07, 6.45) is 1.97. The maximum absolute atomic E-state index is 6.20. The summed E-state index contributed by atoms with van der Waals surface area (Å²) < 4.78 is 6.00. The number of rotatable bonds is 4. The van der Waals surface area contributed by atoms with E-state index >= 15 is 0 Å². The molecule has 3 N–H and O–H groups in total. The van der Waals surface area contributed by atoms with Crippen LogP contribution in [0.15, 0.2) is 48.5 Å². The van der Waals surface area contributed by atoms with Crippen LogP contribution < -0.4 is 20.7 Å². The molecule has 150 valence electrons. The third-order valence-corrected chi connectivity index (χ3v) is 5.14. The van der Waals surface area contributed by atoms with E-state index in [2.05, 4.69) is 43.6 Å². The van der Waals surface area contributed by atoms with Crippen molar-refractivity contribution in [1.82, 2.24) is 10.6 Å². The molecular formula is C22H28ClN3OS. The number of piperidine rings is 1. The topological polar surface area (TPSA) is 45.3 Å². The van der Waals surface area contributed by atoms with Crippen molar-refractivity contribution in [2.24, 2.45) is 0 Å². The van der Waals surface area contributed by atoms with Gasteiger partial charge in [0.15, 0.2) is 10.9 Å². The Bertz CT molecular complexity index is 823. The number of hydrogen-bond donors (Lipinski definition) is 3. The van der Waals surface area contributed by atoms with Gasteiger partial charge in [-0.2, -0.15) is 0 Å². The van der Waals surface area contributed by atoms with Gasteiger partial charge in [-0.25, -0.2) is 0 Å². The summed E-state index contributed by atoms with van der Waals surface area (Å²) in [7, 11) is 0. The van der Waals surface area contributed by atoms with Gasteiger partial charge in [-0.3, -0.25) is 0 Å². The number of para-hydroxylation sites is 1. The maximum atomic E-state index is 6.20. The van der Waals surface area contributed by atoms with Gasteiger partial charge in [0.2, 0.25) is 0 Å². The zero-order valence-electron chi connectivity index (χ0n) is 16.8. The summed E-state index contributed by atoms with van der Waals surface area (Å²) in [6, 6.07) is 15.4. The van der Waals surface area contributed by atoms with Gasteiger partial charge < -0.3 is 20.7 Å². The lowest BCUT2D eigenvalue weighted by molar-refractivity contribution is 0.156. The number of hydrogen-bond acceptors (Lipinski definition) is 3. The summed E-state index contributed by atoms with van der Waals surface area (Å²) in [5, 5.41) is 11.6. The number of benzene rings is 2. The molecule has 0 saturated carbocycles. The predicted molar refractivity (Wildman–Crippen MR) is 122 cm³/mol.